The van der Waals surface area contributed by atoms with E-state index in [-0.39, 0.29) is 5.97 Å². The van der Waals surface area contributed by atoms with E-state index in [0.29, 0.717) is 17.9 Å². The minimum Gasteiger partial charge on any atom is -0.497 e. The molecule has 0 saturated heterocycles. The van der Waals surface area contributed by atoms with Gasteiger partial charge in [0.1, 0.15) is 5.75 Å². The normalized spacial score (nSPS) is 10.2. The molecule has 0 bridgehead atoms. The standard InChI is InChI=1S/C17H18BrNO3/c1-11-15(18)5-4-6-16(11)19-10-12-7-8-13(21-2)9-14(12)17(20)22-3/h4-9,19H,10H2,1-3H3. The van der Waals surface area contributed by atoms with Crippen LogP contribution in [0, 0.1) is 6.92 Å². The topological polar surface area (TPSA) is 47.6 Å². The van der Waals surface area contributed by atoms with Crippen molar-refractivity contribution in [3.63, 3.8) is 0 Å². The first-order chi connectivity index (χ1) is 10.6. The number of carbonyl (C=O) groups excluding carboxylic acids is 1. The van der Waals surface area contributed by atoms with Gasteiger partial charge in [-0.2, -0.15) is 0 Å². The third-order valence-electron chi connectivity index (χ3n) is 3.46. The molecule has 0 aliphatic heterocycles. The summed E-state index contributed by atoms with van der Waals surface area (Å²) in [6, 6.07) is 11.4. The highest BCUT2D eigenvalue weighted by molar-refractivity contribution is 9.10. The van der Waals surface area contributed by atoms with E-state index < -0.39 is 0 Å². The second-order valence-electron chi connectivity index (χ2n) is 4.78. The Labute approximate surface area is 138 Å². The lowest BCUT2D eigenvalue weighted by Gasteiger charge is -2.14. The summed E-state index contributed by atoms with van der Waals surface area (Å²) >= 11 is 3.51. The molecule has 2 aromatic carbocycles. The van der Waals surface area contributed by atoms with E-state index in [9.17, 15) is 4.79 Å². The number of halogens is 1. The third-order valence-corrected chi connectivity index (χ3v) is 4.32. The summed E-state index contributed by atoms with van der Waals surface area (Å²) in [4.78, 5) is 11.9. The predicted octanol–water partition coefficient (Wildman–Crippen LogP) is 4.16. The van der Waals surface area contributed by atoms with Gasteiger partial charge in [-0.1, -0.05) is 28.1 Å². The molecule has 0 fully saturated rings. The van der Waals surface area contributed by atoms with E-state index in [0.717, 1.165) is 21.3 Å². The van der Waals surface area contributed by atoms with Crippen LogP contribution in [0.1, 0.15) is 21.5 Å². The second-order valence-corrected chi connectivity index (χ2v) is 5.63. The van der Waals surface area contributed by atoms with Crippen LogP contribution in [-0.4, -0.2) is 20.2 Å². The summed E-state index contributed by atoms with van der Waals surface area (Å²) < 4.78 is 11.1. The molecule has 0 aliphatic rings. The minimum atomic E-state index is -0.373. The van der Waals surface area contributed by atoms with Gasteiger partial charge in [0.05, 0.1) is 19.8 Å². The van der Waals surface area contributed by atoms with E-state index in [1.165, 1.54) is 7.11 Å². The molecule has 0 amide bonds. The fraction of sp³-hybridized carbons (Fsp3) is 0.235. The molecule has 2 aromatic rings. The van der Waals surface area contributed by atoms with Crippen molar-refractivity contribution >= 4 is 27.6 Å². The lowest BCUT2D eigenvalue weighted by atomic mass is 10.1. The van der Waals surface area contributed by atoms with Crippen LogP contribution in [0.15, 0.2) is 40.9 Å². The SMILES string of the molecule is COC(=O)c1cc(OC)ccc1CNc1cccc(Br)c1C. The zero-order valence-corrected chi connectivity index (χ0v) is 14.4. The summed E-state index contributed by atoms with van der Waals surface area (Å²) in [7, 11) is 2.94. The van der Waals surface area contributed by atoms with Gasteiger partial charge in [-0.05, 0) is 42.3 Å². The average Bonchev–Trinajstić information content (AvgIpc) is 2.55. The van der Waals surface area contributed by atoms with E-state index >= 15 is 0 Å². The first-order valence-electron chi connectivity index (χ1n) is 6.81. The van der Waals surface area contributed by atoms with Gasteiger partial charge in [-0.15, -0.1) is 0 Å². The molecular formula is C17H18BrNO3. The Balaban J connectivity index is 2.25. The van der Waals surface area contributed by atoms with E-state index in [1.807, 2.05) is 37.3 Å². The number of nitrogens with one attached hydrogen (secondary N) is 1. The Bertz CT molecular complexity index is 686. The van der Waals surface area contributed by atoms with Crippen LogP contribution in [0.2, 0.25) is 0 Å². The van der Waals surface area contributed by atoms with Crippen LogP contribution in [0.3, 0.4) is 0 Å². The maximum Gasteiger partial charge on any atom is 0.338 e. The molecule has 5 heteroatoms. The van der Waals surface area contributed by atoms with Crippen molar-refractivity contribution in [2.24, 2.45) is 0 Å². The smallest absolute Gasteiger partial charge is 0.338 e. The number of rotatable bonds is 5. The van der Waals surface area contributed by atoms with Crippen LogP contribution in [0.4, 0.5) is 5.69 Å². The van der Waals surface area contributed by atoms with Crippen molar-refractivity contribution in [3.8, 4) is 5.75 Å². The Morgan fingerprint density at radius 3 is 2.68 bits per heavy atom. The van der Waals surface area contributed by atoms with Crippen molar-refractivity contribution in [2.75, 3.05) is 19.5 Å². The van der Waals surface area contributed by atoms with Gasteiger partial charge in [0.2, 0.25) is 0 Å². The van der Waals surface area contributed by atoms with Crippen LogP contribution in [0.5, 0.6) is 5.75 Å². The number of esters is 1. The number of anilines is 1. The zero-order valence-electron chi connectivity index (χ0n) is 12.8. The summed E-state index contributed by atoms with van der Waals surface area (Å²) in [5.41, 5.74) is 3.49. The van der Waals surface area contributed by atoms with Crippen LogP contribution >= 0.6 is 15.9 Å². The molecule has 4 nitrogen and oxygen atoms in total. The largest absolute Gasteiger partial charge is 0.497 e. The number of methoxy groups -OCH3 is 2. The highest BCUT2D eigenvalue weighted by atomic mass is 79.9. The fourth-order valence-corrected chi connectivity index (χ4v) is 2.49. The Morgan fingerprint density at radius 2 is 2.00 bits per heavy atom. The lowest BCUT2D eigenvalue weighted by molar-refractivity contribution is 0.0599. The van der Waals surface area contributed by atoms with Crippen LogP contribution in [-0.2, 0) is 11.3 Å². The second kappa shape index (κ2) is 7.31. The number of hydrogen-bond donors (Lipinski definition) is 1. The number of benzene rings is 2. The Morgan fingerprint density at radius 1 is 1.23 bits per heavy atom. The van der Waals surface area contributed by atoms with Crippen LogP contribution < -0.4 is 10.1 Å². The molecule has 0 heterocycles. The number of carbonyl (C=O) groups is 1. The highest BCUT2D eigenvalue weighted by Crippen LogP contribution is 2.25. The van der Waals surface area contributed by atoms with Gasteiger partial charge >= 0.3 is 5.97 Å². The Kier molecular flexibility index (Phi) is 5.44. The predicted molar refractivity (Wildman–Crippen MR) is 90.5 cm³/mol. The monoisotopic (exact) mass is 363 g/mol. The van der Waals surface area contributed by atoms with E-state index in [4.69, 9.17) is 9.47 Å². The molecule has 0 saturated carbocycles. The van der Waals surface area contributed by atoms with Gasteiger partial charge < -0.3 is 14.8 Å². The third kappa shape index (κ3) is 3.60. The molecule has 0 aromatic heterocycles. The van der Waals surface area contributed by atoms with Gasteiger partial charge in [0, 0.05) is 16.7 Å². The molecule has 116 valence electrons. The molecule has 1 N–H and O–H groups in total. The van der Waals surface area contributed by atoms with Crippen molar-refractivity contribution in [1.82, 2.24) is 0 Å². The number of hydrogen-bond acceptors (Lipinski definition) is 4. The quantitative estimate of drug-likeness (QED) is 0.810. The Hall–Kier alpha value is -2.01. The summed E-state index contributed by atoms with van der Waals surface area (Å²) in [6.45, 7) is 2.55. The minimum absolute atomic E-state index is 0.373. The molecule has 0 atom stereocenters. The van der Waals surface area contributed by atoms with Crippen molar-refractivity contribution in [1.29, 1.82) is 0 Å². The number of ether oxygens (including phenoxy) is 2. The summed E-state index contributed by atoms with van der Waals surface area (Å²) in [6.07, 6.45) is 0. The lowest BCUT2D eigenvalue weighted by Crippen LogP contribution is -2.10. The van der Waals surface area contributed by atoms with Crippen molar-refractivity contribution < 1.29 is 14.3 Å². The molecule has 0 unspecified atom stereocenters. The first-order valence-corrected chi connectivity index (χ1v) is 7.60. The molecule has 0 aliphatic carbocycles. The fourth-order valence-electron chi connectivity index (χ4n) is 2.13. The maximum atomic E-state index is 11.9. The summed E-state index contributed by atoms with van der Waals surface area (Å²) in [5.74, 6) is 0.254. The first kappa shape index (κ1) is 16.4. The molecule has 2 rings (SSSR count). The molecule has 22 heavy (non-hydrogen) atoms. The maximum absolute atomic E-state index is 11.9. The highest BCUT2D eigenvalue weighted by Gasteiger charge is 2.13. The average molecular weight is 364 g/mol. The van der Waals surface area contributed by atoms with Gasteiger partial charge in [-0.25, -0.2) is 4.79 Å². The van der Waals surface area contributed by atoms with Crippen LogP contribution in [0.25, 0.3) is 0 Å². The molecule has 0 spiro atoms. The van der Waals surface area contributed by atoms with E-state index in [2.05, 4.69) is 21.2 Å². The van der Waals surface area contributed by atoms with Gasteiger partial charge in [0.25, 0.3) is 0 Å². The molecular weight excluding hydrogens is 346 g/mol. The van der Waals surface area contributed by atoms with Gasteiger partial charge in [-0.3, -0.25) is 0 Å². The van der Waals surface area contributed by atoms with Gasteiger partial charge in [0.15, 0.2) is 0 Å². The van der Waals surface area contributed by atoms with E-state index in [1.54, 1.807) is 13.2 Å². The molecule has 0 radical (unpaired) electrons. The zero-order chi connectivity index (χ0) is 16.1. The summed E-state index contributed by atoms with van der Waals surface area (Å²) in [5, 5.41) is 3.35. The van der Waals surface area contributed by atoms with Crippen molar-refractivity contribution in [2.45, 2.75) is 13.5 Å². The van der Waals surface area contributed by atoms with Crippen molar-refractivity contribution in [3.05, 3.63) is 57.6 Å².